The van der Waals surface area contributed by atoms with Crippen molar-refractivity contribution in [1.82, 2.24) is 0 Å². The van der Waals surface area contributed by atoms with Crippen molar-refractivity contribution in [2.45, 2.75) is 0 Å². The molecule has 19 heavy (non-hydrogen) atoms. The molecule has 2 aromatic carbocycles. The van der Waals surface area contributed by atoms with Crippen LogP contribution in [0.4, 0.5) is 17.6 Å². The normalized spacial score (nSPS) is 10.5. The summed E-state index contributed by atoms with van der Waals surface area (Å²) in [4.78, 5) is 10.4. The summed E-state index contributed by atoms with van der Waals surface area (Å²) in [7, 11) is 0. The molecule has 2 aromatic rings. The van der Waals surface area contributed by atoms with Crippen LogP contribution in [0.2, 0.25) is 0 Å². The summed E-state index contributed by atoms with van der Waals surface area (Å²) in [6, 6.07) is 3.01. The maximum absolute atomic E-state index is 13.4. The second-order valence-electron chi connectivity index (χ2n) is 3.76. The average molecular weight is 270 g/mol. The molecular weight excluding hydrogens is 264 g/mol. The lowest BCUT2D eigenvalue weighted by Crippen LogP contribution is -1.95. The van der Waals surface area contributed by atoms with Crippen molar-refractivity contribution in [3.05, 3.63) is 53.1 Å². The predicted octanol–water partition coefficient (Wildman–Crippen LogP) is 3.43. The first kappa shape index (κ1) is 13.1. The topological polar surface area (TPSA) is 37.3 Å². The van der Waals surface area contributed by atoms with Crippen LogP contribution in [0, 0.1) is 23.3 Å². The molecule has 0 aromatic heterocycles. The Kier molecular flexibility index (Phi) is 3.25. The van der Waals surface area contributed by atoms with Gasteiger partial charge in [0.2, 0.25) is 0 Å². The van der Waals surface area contributed by atoms with E-state index in [2.05, 4.69) is 0 Å². The summed E-state index contributed by atoms with van der Waals surface area (Å²) in [6.07, 6.45) is 0.00638. The molecule has 0 saturated heterocycles. The highest BCUT2D eigenvalue weighted by Crippen LogP contribution is 2.29. The van der Waals surface area contributed by atoms with Crippen molar-refractivity contribution in [1.29, 1.82) is 0 Å². The Bertz CT molecular complexity index is 622. The van der Waals surface area contributed by atoms with Gasteiger partial charge in [-0.15, -0.1) is 0 Å². The van der Waals surface area contributed by atoms with Gasteiger partial charge in [0.1, 0.15) is 11.6 Å². The molecular formula is C13H6F4O2. The molecule has 0 radical (unpaired) electrons. The molecule has 0 heterocycles. The van der Waals surface area contributed by atoms with E-state index in [0.717, 1.165) is 24.3 Å². The first-order valence-electron chi connectivity index (χ1n) is 5.06. The number of phenols is 1. The Morgan fingerprint density at radius 1 is 0.789 bits per heavy atom. The SMILES string of the molecule is O=Cc1c(F)cc(-c2cc(F)c(O)c(F)c2)cc1F. The first-order valence-corrected chi connectivity index (χ1v) is 5.06. The average Bonchev–Trinajstić information content (AvgIpc) is 2.35. The van der Waals surface area contributed by atoms with E-state index in [1.807, 2.05) is 0 Å². The number of rotatable bonds is 2. The molecule has 0 saturated carbocycles. The van der Waals surface area contributed by atoms with E-state index >= 15 is 0 Å². The lowest BCUT2D eigenvalue weighted by atomic mass is 10.0. The van der Waals surface area contributed by atoms with E-state index in [1.54, 1.807) is 0 Å². The number of carbonyl (C=O) groups is 1. The van der Waals surface area contributed by atoms with E-state index in [9.17, 15) is 22.4 Å². The minimum Gasteiger partial charge on any atom is -0.503 e. The second-order valence-corrected chi connectivity index (χ2v) is 3.76. The molecule has 0 bridgehead atoms. The second kappa shape index (κ2) is 4.72. The monoisotopic (exact) mass is 270 g/mol. The summed E-state index contributed by atoms with van der Waals surface area (Å²) in [6.45, 7) is 0. The molecule has 0 atom stereocenters. The number of aldehydes is 1. The smallest absolute Gasteiger partial charge is 0.187 e. The highest BCUT2D eigenvalue weighted by molar-refractivity contribution is 5.78. The number of hydrogen-bond acceptors (Lipinski definition) is 2. The number of aromatic hydroxyl groups is 1. The summed E-state index contributed by atoms with van der Waals surface area (Å²) in [5.74, 6) is -5.96. The molecule has 0 aliphatic carbocycles. The van der Waals surface area contributed by atoms with Crippen LogP contribution >= 0.6 is 0 Å². The maximum atomic E-state index is 13.4. The third kappa shape index (κ3) is 2.29. The van der Waals surface area contributed by atoms with E-state index in [0.29, 0.717) is 0 Å². The Labute approximate surface area is 104 Å². The lowest BCUT2D eigenvalue weighted by molar-refractivity contribution is 0.111. The summed E-state index contributed by atoms with van der Waals surface area (Å²) in [5.41, 5.74) is -1.08. The summed E-state index contributed by atoms with van der Waals surface area (Å²) in [5, 5.41) is 8.92. The van der Waals surface area contributed by atoms with E-state index < -0.39 is 34.6 Å². The van der Waals surface area contributed by atoms with Gasteiger partial charge in [-0.1, -0.05) is 0 Å². The Morgan fingerprint density at radius 3 is 1.53 bits per heavy atom. The predicted molar refractivity (Wildman–Crippen MR) is 58.8 cm³/mol. The van der Waals surface area contributed by atoms with Crippen molar-refractivity contribution in [3.63, 3.8) is 0 Å². The number of phenolic OH excluding ortho intramolecular Hbond substituents is 1. The molecule has 2 rings (SSSR count). The number of benzene rings is 2. The van der Waals surface area contributed by atoms with Crippen molar-refractivity contribution in [3.8, 4) is 16.9 Å². The van der Waals surface area contributed by atoms with Crippen molar-refractivity contribution >= 4 is 6.29 Å². The van der Waals surface area contributed by atoms with E-state index in [4.69, 9.17) is 5.11 Å². The van der Waals surface area contributed by atoms with Crippen LogP contribution in [0.15, 0.2) is 24.3 Å². The van der Waals surface area contributed by atoms with Crippen LogP contribution in [-0.4, -0.2) is 11.4 Å². The van der Waals surface area contributed by atoms with Gasteiger partial charge in [-0.25, -0.2) is 17.6 Å². The number of carbonyl (C=O) groups excluding carboxylic acids is 1. The van der Waals surface area contributed by atoms with E-state index in [-0.39, 0.29) is 17.4 Å². The highest BCUT2D eigenvalue weighted by atomic mass is 19.1. The zero-order valence-electron chi connectivity index (χ0n) is 9.25. The first-order chi connectivity index (χ1) is 8.93. The van der Waals surface area contributed by atoms with Crippen molar-refractivity contribution < 1.29 is 27.5 Å². The minimum atomic E-state index is -1.25. The van der Waals surface area contributed by atoms with Gasteiger partial charge >= 0.3 is 0 Å². The van der Waals surface area contributed by atoms with Gasteiger partial charge in [0.05, 0.1) is 5.56 Å². The van der Waals surface area contributed by atoms with Crippen LogP contribution < -0.4 is 0 Å². The van der Waals surface area contributed by atoms with Gasteiger partial charge in [0.15, 0.2) is 23.7 Å². The van der Waals surface area contributed by atoms with Crippen LogP contribution in [0.25, 0.3) is 11.1 Å². The lowest BCUT2D eigenvalue weighted by Gasteiger charge is -2.06. The molecule has 0 amide bonds. The third-order valence-electron chi connectivity index (χ3n) is 2.55. The van der Waals surface area contributed by atoms with E-state index in [1.165, 1.54) is 0 Å². The molecule has 0 aliphatic heterocycles. The fraction of sp³-hybridized carbons (Fsp3) is 0. The van der Waals surface area contributed by atoms with Crippen LogP contribution in [0.3, 0.4) is 0 Å². The maximum Gasteiger partial charge on any atom is 0.187 e. The van der Waals surface area contributed by atoms with Gasteiger partial charge in [-0.3, -0.25) is 4.79 Å². The Hall–Kier alpha value is -2.37. The zero-order chi connectivity index (χ0) is 14.2. The Morgan fingerprint density at radius 2 is 1.16 bits per heavy atom. The molecule has 6 heteroatoms. The fourth-order valence-electron chi connectivity index (χ4n) is 1.60. The van der Waals surface area contributed by atoms with Gasteiger partial charge in [-0.2, -0.15) is 0 Å². The van der Waals surface area contributed by atoms with Crippen molar-refractivity contribution in [2.24, 2.45) is 0 Å². The largest absolute Gasteiger partial charge is 0.503 e. The van der Waals surface area contributed by atoms with Gasteiger partial charge in [0, 0.05) is 0 Å². The standard InChI is InChI=1S/C13H6F4O2/c14-9-1-6(2-10(15)8(9)5-18)7-3-11(16)13(19)12(17)4-7/h1-5,19H. The van der Waals surface area contributed by atoms with Crippen LogP contribution in [0.5, 0.6) is 5.75 Å². The summed E-state index contributed by atoms with van der Waals surface area (Å²) < 4.78 is 53.0. The highest BCUT2D eigenvalue weighted by Gasteiger charge is 2.15. The fourth-order valence-corrected chi connectivity index (χ4v) is 1.60. The van der Waals surface area contributed by atoms with Gasteiger partial charge in [0.25, 0.3) is 0 Å². The number of hydrogen-bond donors (Lipinski definition) is 1. The number of halogens is 4. The molecule has 0 fully saturated rings. The molecule has 1 N–H and O–H groups in total. The molecule has 0 spiro atoms. The summed E-state index contributed by atoms with van der Waals surface area (Å²) >= 11 is 0. The molecule has 98 valence electrons. The third-order valence-corrected chi connectivity index (χ3v) is 2.55. The molecule has 0 unspecified atom stereocenters. The minimum absolute atomic E-state index is 0.00638. The van der Waals surface area contributed by atoms with Crippen molar-refractivity contribution in [2.75, 3.05) is 0 Å². The Balaban J connectivity index is 2.63. The van der Waals surface area contributed by atoms with Crippen LogP contribution in [0.1, 0.15) is 10.4 Å². The van der Waals surface area contributed by atoms with Crippen LogP contribution in [-0.2, 0) is 0 Å². The van der Waals surface area contributed by atoms with Gasteiger partial charge < -0.3 is 5.11 Å². The quantitative estimate of drug-likeness (QED) is 0.670. The molecule has 0 aliphatic rings. The molecule has 2 nitrogen and oxygen atoms in total. The van der Waals surface area contributed by atoms with Gasteiger partial charge in [-0.05, 0) is 35.4 Å². The zero-order valence-corrected chi connectivity index (χ0v) is 9.25.